The lowest BCUT2D eigenvalue weighted by Crippen LogP contribution is -2.41. The van der Waals surface area contributed by atoms with E-state index in [9.17, 15) is 9.59 Å². The van der Waals surface area contributed by atoms with Gasteiger partial charge in [-0.2, -0.15) is 0 Å². The molecule has 0 aromatic rings. The van der Waals surface area contributed by atoms with E-state index < -0.39 is 17.9 Å². The second kappa shape index (κ2) is 6.54. The highest BCUT2D eigenvalue weighted by Gasteiger charge is 2.27. The number of rotatable bonds is 7. The number of hydrogen-bond donors (Lipinski definition) is 2. The summed E-state index contributed by atoms with van der Waals surface area (Å²) in [4.78, 5) is 21.7. The van der Waals surface area contributed by atoms with Crippen LogP contribution in [0, 0.1) is 5.92 Å². The Morgan fingerprint density at radius 3 is 2.29 bits per heavy atom. The number of hydrogen-bond acceptors (Lipinski definition) is 3. The first-order valence-corrected chi connectivity index (χ1v) is 4.99. The van der Waals surface area contributed by atoms with E-state index in [0.29, 0.717) is 6.42 Å². The summed E-state index contributed by atoms with van der Waals surface area (Å²) in [6.07, 6.45) is 3.50. The summed E-state index contributed by atoms with van der Waals surface area (Å²) in [5.74, 6) is -1.75. The van der Waals surface area contributed by atoms with E-state index in [1.165, 1.54) is 6.92 Å². The van der Waals surface area contributed by atoms with Gasteiger partial charge < -0.3 is 10.8 Å². The molecule has 0 aromatic carbocycles. The summed E-state index contributed by atoms with van der Waals surface area (Å²) in [6, 6.07) is -1.05. The van der Waals surface area contributed by atoms with Crippen molar-refractivity contribution in [3.05, 3.63) is 0 Å². The average Bonchev–Trinajstić information content (AvgIpc) is 2.10. The highest BCUT2D eigenvalue weighted by Crippen LogP contribution is 2.14. The fraction of sp³-hybridized carbons (Fsp3) is 0.800. The van der Waals surface area contributed by atoms with Crippen molar-refractivity contribution in [3.8, 4) is 0 Å². The Balaban J connectivity index is 4.15. The second-order valence-electron chi connectivity index (χ2n) is 3.58. The van der Waals surface area contributed by atoms with Gasteiger partial charge >= 0.3 is 5.97 Å². The van der Waals surface area contributed by atoms with Crippen LogP contribution in [0.15, 0.2) is 0 Å². The van der Waals surface area contributed by atoms with Crippen LogP contribution in [0.5, 0.6) is 0 Å². The monoisotopic (exact) mass is 201 g/mol. The summed E-state index contributed by atoms with van der Waals surface area (Å²) in [6.45, 7) is 3.46. The standard InChI is InChI=1S/C10H19NO3/c1-3-4-5-6-8(7(2)12)9(11)10(13)14/h8-9H,3-6,11H2,1-2H3,(H,13,14)/t8?,9-/m0/s1. The minimum atomic E-state index is -1.10. The van der Waals surface area contributed by atoms with E-state index in [0.717, 1.165) is 19.3 Å². The number of aliphatic carboxylic acids is 1. The minimum absolute atomic E-state index is 0.129. The molecule has 0 radical (unpaired) electrons. The highest BCUT2D eigenvalue weighted by molar-refractivity contribution is 5.86. The zero-order valence-corrected chi connectivity index (χ0v) is 8.82. The quantitative estimate of drug-likeness (QED) is 0.606. The number of Topliss-reactive ketones (excluding diaryl/α,β-unsaturated/α-hetero) is 1. The summed E-state index contributed by atoms with van der Waals surface area (Å²) in [7, 11) is 0. The topological polar surface area (TPSA) is 80.4 Å². The Hall–Kier alpha value is -0.900. The minimum Gasteiger partial charge on any atom is -0.480 e. The molecular weight excluding hydrogens is 182 g/mol. The first kappa shape index (κ1) is 13.1. The van der Waals surface area contributed by atoms with E-state index in [1.54, 1.807) is 0 Å². The Kier molecular flexibility index (Phi) is 6.12. The molecule has 1 unspecified atom stereocenters. The molecule has 14 heavy (non-hydrogen) atoms. The molecule has 0 aliphatic rings. The number of ketones is 1. The molecule has 0 amide bonds. The largest absolute Gasteiger partial charge is 0.480 e. The SMILES string of the molecule is CCCCCC(C(C)=O)[C@H](N)C(=O)O. The van der Waals surface area contributed by atoms with Gasteiger partial charge in [-0.3, -0.25) is 9.59 Å². The molecule has 0 saturated carbocycles. The van der Waals surface area contributed by atoms with Gasteiger partial charge in [0.15, 0.2) is 0 Å². The smallest absolute Gasteiger partial charge is 0.321 e. The molecule has 0 heterocycles. The maximum atomic E-state index is 11.1. The van der Waals surface area contributed by atoms with Crippen molar-refractivity contribution < 1.29 is 14.7 Å². The van der Waals surface area contributed by atoms with Gasteiger partial charge in [-0.25, -0.2) is 0 Å². The third kappa shape index (κ3) is 4.37. The zero-order valence-electron chi connectivity index (χ0n) is 8.82. The lowest BCUT2D eigenvalue weighted by Gasteiger charge is -2.17. The average molecular weight is 201 g/mol. The number of carboxylic acid groups (broad SMARTS) is 1. The maximum absolute atomic E-state index is 11.1. The predicted octanol–water partition coefficient (Wildman–Crippen LogP) is 1.18. The summed E-state index contributed by atoms with van der Waals surface area (Å²) >= 11 is 0. The highest BCUT2D eigenvalue weighted by atomic mass is 16.4. The molecule has 0 aliphatic heterocycles. The van der Waals surface area contributed by atoms with Crippen molar-refractivity contribution in [2.75, 3.05) is 0 Å². The van der Waals surface area contributed by atoms with Gasteiger partial charge in [0.2, 0.25) is 0 Å². The van der Waals surface area contributed by atoms with Gasteiger partial charge in [0.1, 0.15) is 11.8 Å². The van der Waals surface area contributed by atoms with E-state index >= 15 is 0 Å². The lowest BCUT2D eigenvalue weighted by atomic mass is 9.90. The first-order valence-electron chi connectivity index (χ1n) is 4.99. The van der Waals surface area contributed by atoms with E-state index in [4.69, 9.17) is 10.8 Å². The van der Waals surface area contributed by atoms with Crippen LogP contribution < -0.4 is 5.73 Å². The molecule has 82 valence electrons. The van der Waals surface area contributed by atoms with Gasteiger partial charge in [0, 0.05) is 5.92 Å². The number of nitrogens with two attached hydrogens (primary N) is 1. The summed E-state index contributed by atoms with van der Waals surface area (Å²) in [5, 5.41) is 8.68. The maximum Gasteiger partial charge on any atom is 0.321 e. The molecule has 4 nitrogen and oxygen atoms in total. The van der Waals surface area contributed by atoms with Crippen molar-refractivity contribution in [2.45, 2.75) is 45.6 Å². The zero-order chi connectivity index (χ0) is 11.1. The summed E-state index contributed by atoms with van der Waals surface area (Å²) < 4.78 is 0. The number of unbranched alkanes of at least 4 members (excludes halogenated alkanes) is 2. The van der Waals surface area contributed by atoms with Gasteiger partial charge in [-0.1, -0.05) is 26.2 Å². The Morgan fingerprint density at radius 2 is 1.93 bits per heavy atom. The van der Waals surface area contributed by atoms with Crippen molar-refractivity contribution in [3.63, 3.8) is 0 Å². The first-order chi connectivity index (χ1) is 6.50. The lowest BCUT2D eigenvalue weighted by molar-refractivity contribution is -0.142. The van der Waals surface area contributed by atoms with E-state index in [1.807, 2.05) is 0 Å². The van der Waals surface area contributed by atoms with Gasteiger partial charge in [-0.15, -0.1) is 0 Å². The van der Waals surface area contributed by atoms with Crippen molar-refractivity contribution in [2.24, 2.45) is 11.7 Å². The molecule has 0 saturated heterocycles. The van der Waals surface area contributed by atoms with Gasteiger partial charge in [0.05, 0.1) is 0 Å². The van der Waals surface area contributed by atoms with Gasteiger partial charge in [-0.05, 0) is 13.3 Å². The van der Waals surface area contributed by atoms with Crippen LogP contribution in [-0.2, 0) is 9.59 Å². The van der Waals surface area contributed by atoms with E-state index in [2.05, 4.69) is 6.92 Å². The Bertz CT molecular complexity index is 204. The fourth-order valence-electron chi connectivity index (χ4n) is 1.42. The predicted molar refractivity (Wildman–Crippen MR) is 53.9 cm³/mol. The van der Waals surface area contributed by atoms with Crippen molar-refractivity contribution >= 4 is 11.8 Å². The normalized spacial score (nSPS) is 14.8. The molecule has 2 atom stereocenters. The van der Waals surface area contributed by atoms with Crippen molar-refractivity contribution in [1.29, 1.82) is 0 Å². The van der Waals surface area contributed by atoms with Crippen LogP contribution in [-0.4, -0.2) is 22.9 Å². The van der Waals surface area contributed by atoms with Crippen molar-refractivity contribution in [1.82, 2.24) is 0 Å². The molecule has 0 aromatic heterocycles. The molecular formula is C10H19NO3. The van der Waals surface area contributed by atoms with Crippen LogP contribution in [0.25, 0.3) is 0 Å². The molecule has 0 spiro atoms. The van der Waals surface area contributed by atoms with Crippen LogP contribution >= 0.6 is 0 Å². The second-order valence-corrected chi connectivity index (χ2v) is 3.58. The number of carbonyl (C=O) groups is 2. The van der Waals surface area contributed by atoms with Crippen LogP contribution in [0.2, 0.25) is 0 Å². The van der Waals surface area contributed by atoms with Crippen LogP contribution in [0.4, 0.5) is 0 Å². The third-order valence-electron chi connectivity index (χ3n) is 2.36. The van der Waals surface area contributed by atoms with Gasteiger partial charge in [0.25, 0.3) is 0 Å². The summed E-state index contributed by atoms with van der Waals surface area (Å²) in [5.41, 5.74) is 5.42. The Morgan fingerprint density at radius 1 is 1.36 bits per heavy atom. The third-order valence-corrected chi connectivity index (χ3v) is 2.36. The molecule has 4 heteroatoms. The van der Waals surface area contributed by atoms with Crippen LogP contribution in [0.3, 0.4) is 0 Å². The molecule has 0 aliphatic carbocycles. The molecule has 0 bridgehead atoms. The van der Waals surface area contributed by atoms with Crippen LogP contribution in [0.1, 0.15) is 39.5 Å². The molecule has 0 rings (SSSR count). The fourth-order valence-corrected chi connectivity index (χ4v) is 1.42. The number of carboxylic acids is 1. The number of carbonyl (C=O) groups excluding carboxylic acids is 1. The molecule has 0 fully saturated rings. The van der Waals surface area contributed by atoms with E-state index in [-0.39, 0.29) is 5.78 Å². The Labute approximate surface area is 84.5 Å². The molecule has 3 N–H and O–H groups in total.